The molecule has 46 heteroatoms. The van der Waals surface area contributed by atoms with E-state index < -0.39 is 325 Å². The Morgan fingerprint density at radius 3 is 0.607 bits per heavy atom. The van der Waals surface area contributed by atoms with Gasteiger partial charge in [0.2, 0.25) is 41.1 Å². The zero-order valence-corrected chi connectivity index (χ0v) is 59.9. The van der Waals surface area contributed by atoms with Gasteiger partial charge in [-0.2, -0.15) is 0 Å². The zero-order valence-electron chi connectivity index (χ0n) is 59.9. The summed E-state index contributed by atoms with van der Waals surface area (Å²) >= 11 is 0. The van der Waals surface area contributed by atoms with Gasteiger partial charge in [0.1, 0.15) is 12.7 Å². The van der Waals surface area contributed by atoms with Gasteiger partial charge in [0, 0.05) is 15.7 Å². The maximum Gasteiger partial charge on any atom is 0.343 e. The molecule has 25 N–H and O–H groups in total. The zero-order chi connectivity index (χ0) is 89.4. The molecule has 1 saturated heterocycles. The van der Waals surface area contributed by atoms with Gasteiger partial charge in [0.05, 0.1) is 55.6 Å². The highest BCUT2D eigenvalue weighted by Crippen LogP contribution is 2.48. The van der Waals surface area contributed by atoms with Crippen LogP contribution in [0.1, 0.15) is 119 Å². The van der Waals surface area contributed by atoms with E-state index in [4.69, 9.17) is 52.1 Å². The third kappa shape index (κ3) is 17.6. The molecule has 0 aromatic heterocycles. The first-order chi connectivity index (χ1) is 57.4. The number of rotatable bonds is 21. The minimum absolute atomic E-state index is 0. The quantitative estimate of drug-likeness (QED) is 0.0143. The van der Waals surface area contributed by atoms with E-state index in [1.54, 1.807) is 0 Å². The highest BCUT2D eigenvalue weighted by Gasteiger charge is 2.55. The molecule has 46 nitrogen and oxygen atoms in total. The van der Waals surface area contributed by atoms with E-state index in [9.17, 15) is 161 Å². The van der Waals surface area contributed by atoms with Crippen molar-refractivity contribution in [3.63, 3.8) is 0 Å². The molecule has 0 radical (unpaired) electrons. The number of phenols is 25. The molecule has 1 aliphatic heterocycles. The molecule has 10 aromatic carbocycles. The van der Waals surface area contributed by atoms with Crippen LogP contribution in [0.25, 0.3) is 0 Å². The minimum atomic E-state index is -3.12. The molecule has 0 saturated carbocycles. The van der Waals surface area contributed by atoms with Crippen molar-refractivity contribution in [2.24, 2.45) is 0 Å². The number of ether oxygens (including phenoxy) is 11. The van der Waals surface area contributed by atoms with Crippen LogP contribution in [0.2, 0.25) is 0 Å². The lowest BCUT2D eigenvalue weighted by molar-refractivity contribution is -0.282. The monoisotopic (exact) mass is 1720 g/mol. The summed E-state index contributed by atoms with van der Waals surface area (Å²) in [6.07, 6.45) is -15.1. The molecule has 1 heterocycles. The number of benzene rings is 10. The summed E-state index contributed by atoms with van der Waals surface area (Å²) in [4.78, 5) is 142. The molecular formula is C76H74O46. The van der Waals surface area contributed by atoms with Gasteiger partial charge in [0.25, 0.3) is 0 Å². The van der Waals surface area contributed by atoms with E-state index in [0.717, 1.165) is 0 Å². The lowest BCUT2D eigenvalue weighted by Gasteiger charge is -2.43. The molecule has 654 valence electrons. The number of carbonyl (C=O) groups is 10. The first-order valence-corrected chi connectivity index (χ1v) is 33.2. The van der Waals surface area contributed by atoms with E-state index in [1.165, 1.54) is 0 Å². The Balaban J connectivity index is 0.0000158. The van der Waals surface area contributed by atoms with Crippen LogP contribution < -0.4 is 23.7 Å². The highest BCUT2D eigenvalue weighted by molar-refractivity contribution is 6.00. The summed E-state index contributed by atoms with van der Waals surface area (Å²) < 4.78 is 60.4. The number of carbonyl (C=O) groups excluding carboxylic acids is 10. The normalized spacial score (nSPS) is 14.6. The van der Waals surface area contributed by atoms with Crippen LogP contribution in [-0.4, -0.2) is 225 Å². The summed E-state index contributed by atoms with van der Waals surface area (Å²) in [6, 6.07) is 8.56. The van der Waals surface area contributed by atoms with Crippen LogP contribution in [0.5, 0.6) is 172 Å². The first-order valence-electron chi connectivity index (χ1n) is 33.2. The van der Waals surface area contributed by atoms with Gasteiger partial charge in [-0.3, -0.25) is 0 Å². The third-order valence-corrected chi connectivity index (χ3v) is 16.9. The predicted molar refractivity (Wildman–Crippen MR) is 406 cm³/mol. The van der Waals surface area contributed by atoms with Gasteiger partial charge < -0.3 is 180 Å². The van der Waals surface area contributed by atoms with Crippen molar-refractivity contribution in [1.29, 1.82) is 0 Å². The van der Waals surface area contributed by atoms with Crippen LogP contribution in [0, 0.1) is 0 Å². The molecule has 0 aliphatic carbocycles. The Morgan fingerprint density at radius 1 is 0.213 bits per heavy atom. The summed E-state index contributed by atoms with van der Waals surface area (Å²) in [5.41, 5.74) is -9.89. The highest BCUT2D eigenvalue weighted by atomic mass is 16.8. The lowest BCUT2D eigenvalue weighted by Crippen LogP contribution is -2.63. The van der Waals surface area contributed by atoms with Crippen LogP contribution in [0.3, 0.4) is 0 Å². The van der Waals surface area contributed by atoms with E-state index >= 15 is 14.4 Å². The van der Waals surface area contributed by atoms with Crippen LogP contribution in [0.15, 0.2) is 121 Å². The van der Waals surface area contributed by atoms with Gasteiger partial charge in [0.15, 0.2) is 156 Å². The number of aromatic hydroxyl groups is 25. The fourth-order valence-corrected chi connectivity index (χ4v) is 10.8. The fourth-order valence-electron chi connectivity index (χ4n) is 10.8. The van der Waals surface area contributed by atoms with E-state index in [2.05, 4.69) is 0 Å². The molecule has 122 heavy (non-hydrogen) atoms. The average Bonchev–Trinajstić information content (AvgIpc) is 0.763. The predicted octanol–water partition coefficient (Wildman–Crippen LogP) is 7.54. The number of esters is 10. The van der Waals surface area contributed by atoms with Crippen molar-refractivity contribution < 1.29 is 243 Å². The van der Waals surface area contributed by atoms with Gasteiger partial charge in [-0.1, -0.05) is 0 Å². The van der Waals surface area contributed by atoms with E-state index in [0.29, 0.717) is 121 Å². The van der Waals surface area contributed by atoms with Crippen molar-refractivity contribution in [2.75, 3.05) is 6.61 Å². The molecule has 0 bridgehead atoms. The van der Waals surface area contributed by atoms with Crippen LogP contribution in [0.4, 0.5) is 0 Å². The summed E-state index contributed by atoms with van der Waals surface area (Å²) in [5.74, 6) is -56.0. The fraction of sp³-hybridized carbons (Fsp3) is 0.0789. The van der Waals surface area contributed by atoms with Crippen LogP contribution >= 0.6 is 0 Å². The molecule has 10 aromatic rings. The second kappa shape index (κ2) is 33.4. The molecule has 1 fully saturated rings. The molecular weight excluding hydrogens is 1650 g/mol. The Kier molecular flexibility index (Phi) is 23.2. The average molecular weight is 1720 g/mol. The van der Waals surface area contributed by atoms with Crippen molar-refractivity contribution >= 4 is 59.7 Å². The van der Waals surface area contributed by atoms with Crippen molar-refractivity contribution in [1.82, 2.24) is 0 Å². The second-order valence-electron chi connectivity index (χ2n) is 25.1. The summed E-state index contributed by atoms with van der Waals surface area (Å²) in [6.45, 7) is -1.71. The number of hydrogen-bond donors (Lipinski definition) is 25. The van der Waals surface area contributed by atoms with Crippen molar-refractivity contribution in [3.05, 3.63) is 177 Å². The molecule has 0 spiro atoms. The second-order valence-corrected chi connectivity index (χ2v) is 25.1. The summed E-state index contributed by atoms with van der Waals surface area (Å²) in [7, 11) is 0. The maximum atomic E-state index is 15.3. The molecule has 0 amide bonds. The largest absolute Gasteiger partial charge is 0.504 e. The maximum absolute atomic E-state index is 15.3. The molecule has 5 atom stereocenters. The Morgan fingerprint density at radius 2 is 0.385 bits per heavy atom. The molecule has 0 unspecified atom stereocenters. The van der Waals surface area contributed by atoms with E-state index in [-0.39, 0.29) is 15.7 Å². The van der Waals surface area contributed by atoms with Crippen molar-refractivity contribution in [3.8, 4) is 172 Å². The smallest absolute Gasteiger partial charge is 0.343 e. The SMILES string of the molecule is O=C(OC[C@@H]1O[C@@H](OC(=O)c2cc(O)c(O)c(OC(=O)c3cc(O)c(O)c(O)c3)c2)[C@@H](OC(=O)c2cc(O)c(O)c(OC(=O)c3cc(O)c(O)c(O)c3)c2)[C@H](OC(=O)c2cc(O)c(O)c(OC(=O)c3cc(O)c(O)c(O)c3)c2)[C@H]1OC(=O)c1cc(O)c(O)c(OC(=O)c2cc(O)c(O)c(O)c2)c1)c1cc(O)c(O)c(OC(=O)c2cc(O)c(O)c(O)c2)c1.[HH].[HH].[HH].[HH].[HH].[HH].[HH].[HH].[HH].[HH].[HH]. The molecule has 1 aliphatic rings. The Bertz CT molecular complexity index is 6020. The van der Waals surface area contributed by atoms with E-state index in [1.807, 2.05) is 0 Å². The standard InChI is InChI=1S/C76H52O46.11H2/c77-32-1-22(2-33(78)53(32)92)67(103)113-47-16-27(11-42(87)58(47)97)66(102)112-21-52-63(119-72(108)28-12-43(88)59(98)48(17-28)114-68(104)23-3-34(79)54(93)35(80)4-23)64(120-73(109)29-13-44(89)60(99)49(18-29)115-69(105)24-5-36(81)55(94)37(82)6-24)65(121-74(110)30-14-45(90)61(100)50(19-30)116-70(106)25-7-38(83)56(95)39(84)8-25)76(118-52)122-75(111)31-15-46(91)62(101)51(20-31)117-71(107)26-9-40(85)57(96)41(86)10-26;;;;;;;;;;;/h1-20,52,63-65,76-101H,21H2;11*1H/t52-,63-,64+,65-,76-;;;;;;;;;;;/m0.........../s1. The molecule has 11 rings (SSSR count). The Hall–Kier alpha value is -18.1. The first kappa shape index (κ1) is 84.8. The topological polar surface area (TPSA) is 778 Å². The number of phenolic OH excluding ortho intramolecular Hbond substituents is 25. The lowest BCUT2D eigenvalue weighted by atomic mass is 9.97. The van der Waals surface area contributed by atoms with Crippen molar-refractivity contribution in [2.45, 2.75) is 30.7 Å². The minimum Gasteiger partial charge on any atom is -0.504 e. The van der Waals surface area contributed by atoms with Gasteiger partial charge in [-0.25, -0.2) is 47.9 Å². The van der Waals surface area contributed by atoms with Gasteiger partial charge in [-0.15, -0.1) is 0 Å². The van der Waals surface area contributed by atoms with Gasteiger partial charge in [-0.05, 0) is 121 Å². The summed E-state index contributed by atoms with van der Waals surface area (Å²) in [5, 5.41) is 261. The number of hydrogen-bond acceptors (Lipinski definition) is 46. The third-order valence-electron chi connectivity index (χ3n) is 16.9. The van der Waals surface area contributed by atoms with Gasteiger partial charge >= 0.3 is 59.7 Å². The Labute approximate surface area is 688 Å². The van der Waals surface area contributed by atoms with Crippen LogP contribution in [-0.2, 0) is 28.4 Å².